The molecule has 0 aromatic heterocycles. The summed E-state index contributed by atoms with van der Waals surface area (Å²) in [6.45, 7) is 6.58. The van der Waals surface area contributed by atoms with E-state index >= 15 is 0 Å². The summed E-state index contributed by atoms with van der Waals surface area (Å²) in [5.41, 5.74) is 2.41. The van der Waals surface area contributed by atoms with Crippen molar-refractivity contribution in [2.45, 2.75) is 44.6 Å². The Hall–Kier alpha value is -1.00. The van der Waals surface area contributed by atoms with Gasteiger partial charge in [0, 0.05) is 11.4 Å². The molecule has 0 fully saturated rings. The number of nitrogens with one attached hydrogen (secondary N) is 1. The van der Waals surface area contributed by atoms with E-state index in [-0.39, 0.29) is 12.0 Å². The van der Waals surface area contributed by atoms with Gasteiger partial charge in [-0.2, -0.15) is 0 Å². The van der Waals surface area contributed by atoms with E-state index in [4.69, 9.17) is 0 Å². The summed E-state index contributed by atoms with van der Waals surface area (Å²) < 4.78 is 0. The summed E-state index contributed by atoms with van der Waals surface area (Å²) in [5, 5.41) is 12.2. The maximum atomic E-state index is 11.7. The Balaban J connectivity index is 2.32. The number of hydrogen-bond donors (Lipinski definition) is 2. The lowest BCUT2D eigenvalue weighted by molar-refractivity contribution is -0.118. The Bertz CT molecular complexity index is 421. The summed E-state index contributed by atoms with van der Waals surface area (Å²) in [5.74, 6) is 0.446. The summed E-state index contributed by atoms with van der Waals surface area (Å²) in [6, 6.07) is 6.26. The van der Waals surface area contributed by atoms with Crippen LogP contribution in [0.2, 0.25) is 0 Å². The van der Waals surface area contributed by atoms with Crippen LogP contribution < -0.4 is 5.32 Å². The zero-order chi connectivity index (χ0) is 14.3. The van der Waals surface area contributed by atoms with Crippen LogP contribution in [0.4, 0.5) is 0 Å². The standard InChI is InChI=1S/C15H23NO2S/c1-4-13(17)7-8-16-15(18)10-19-14-9-11(2)5-6-12(14)3/h5-6,9,13,17H,4,7-8,10H2,1-3H3,(H,16,18). The molecule has 4 heteroatoms. The van der Waals surface area contributed by atoms with Gasteiger partial charge in [-0.3, -0.25) is 4.79 Å². The van der Waals surface area contributed by atoms with Crippen LogP contribution in [0.3, 0.4) is 0 Å². The Kier molecular flexibility index (Phi) is 6.95. The third kappa shape index (κ3) is 6.12. The summed E-state index contributed by atoms with van der Waals surface area (Å²) in [4.78, 5) is 12.8. The molecule has 0 aliphatic heterocycles. The van der Waals surface area contributed by atoms with Gasteiger partial charge in [0.1, 0.15) is 0 Å². The molecule has 3 nitrogen and oxygen atoms in total. The number of benzene rings is 1. The van der Waals surface area contributed by atoms with E-state index in [1.807, 2.05) is 6.92 Å². The van der Waals surface area contributed by atoms with Crippen molar-refractivity contribution in [3.05, 3.63) is 29.3 Å². The zero-order valence-corrected chi connectivity index (χ0v) is 12.7. The van der Waals surface area contributed by atoms with E-state index in [2.05, 4.69) is 37.4 Å². The normalized spacial score (nSPS) is 12.2. The molecule has 0 aliphatic carbocycles. The fourth-order valence-electron chi connectivity index (χ4n) is 1.64. The number of aliphatic hydroxyl groups excluding tert-OH is 1. The lowest BCUT2D eigenvalue weighted by Crippen LogP contribution is -2.28. The third-order valence-electron chi connectivity index (χ3n) is 2.97. The maximum absolute atomic E-state index is 11.7. The number of carbonyl (C=O) groups excluding carboxylic acids is 1. The fraction of sp³-hybridized carbons (Fsp3) is 0.533. The van der Waals surface area contributed by atoms with Crippen molar-refractivity contribution < 1.29 is 9.90 Å². The monoisotopic (exact) mass is 281 g/mol. The molecule has 0 spiro atoms. The lowest BCUT2D eigenvalue weighted by atomic mass is 10.2. The van der Waals surface area contributed by atoms with Gasteiger partial charge in [-0.25, -0.2) is 0 Å². The van der Waals surface area contributed by atoms with Crippen LogP contribution >= 0.6 is 11.8 Å². The second-order valence-corrected chi connectivity index (χ2v) is 5.78. The Morgan fingerprint density at radius 1 is 1.42 bits per heavy atom. The molecule has 0 radical (unpaired) electrons. The number of thioether (sulfide) groups is 1. The molecule has 1 aromatic rings. The van der Waals surface area contributed by atoms with E-state index in [0.29, 0.717) is 18.7 Å². The zero-order valence-electron chi connectivity index (χ0n) is 11.9. The number of rotatable bonds is 7. The minimum atomic E-state index is -0.313. The van der Waals surface area contributed by atoms with Gasteiger partial charge in [0.2, 0.25) is 5.91 Å². The van der Waals surface area contributed by atoms with Gasteiger partial charge < -0.3 is 10.4 Å². The average Bonchev–Trinajstić information content (AvgIpc) is 2.39. The highest BCUT2D eigenvalue weighted by atomic mass is 32.2. The smallest absolute Gasteiger partial charge is 0.230 e. The molecule has 19 heavy (non-hydrogen) atoms. The SMILES string of the molecule is CCC(O)CCNC(=O)CSc1cc(C)ccc1C. The maximum Gasteiger partial charge on any atom is 0.230 e. The minimum absolute atomic E-state index is 0.0224. The molecule has 1 atom stereocenters. The molecule has 106 valence electrons. The van der Waals surface area contributed by atoms with Gasteiger partial charge in [0.25, 0.3) is 0 Å². The van der Waals surface area contributed by atoms with Gasteiger partial charge in [-0.05, 0) is 38.3 Å². The topological polar surface area (TPSA) is 49.3 Å². The molecule has 1 unspecified atom stereocenters. The number of amides is 1. The molecule has 2 N–H and O–H groups in total. The molecule has 1 rings (SSSR count). The second kappa shape index (κ2) is 8.23. The molecule has 0 bridgehead atoms. The van der Waals surface area contributed by atoms with Gasteiger partial charge >= 0.3 is 0 Å². The highest BCUT2D eigenvalue weighted by Gasteiger charge is 2.06. The summed E-state index contributed by atoms with van der Waals surface area (Å²) >= 11 is 1.56. The number of hydrogen-bond acceptors (Lipinski definition) is 3. The van der Waals surface area contributed by atoms with Crippen LogP contribution in [0.1, 0.15) is 30.9 Å². The fourth-order valence-corrected chi connectivity index (χ4v) is 2.59. The van der Waals surface area contributed by atoms with Crippen molar-refractivity contribution in [3.8, 4) is 0 Å². The predicted octanol–water partition coefficient (Wildman–Crippen LogP) is 2.67. The van der Waals surface area contributed by atoms with E-state index in [0.717, 1.165) is 11.3 Å². The van der Waals surface area contributed by atoms with Crippen LogP contribution in [0.25, 0.3) is 0 Å². The number of carbonyl (C=O) groups is 1. The molecular formula is C15H23NO2S. The first-order chi connectivity index (χ1) is 9.02. The van der Waals surface area contributed by atoms with Gasteiger partial charge in [-0.1, -0.05) is 24.6 Å². The minimum Gasteiger partial charge on any atom is -0.393 e. The predicted molar refractivity (Wildman–Crippen MR) is 80.6 cm³/mol. The van der Waals surface area contributed by atoms with Crippen molar-refractivity contribution in [2.75, 3.05) is 12.3 Å². The van der Waals surface area contributed by atoms with Crippen molar-refractivity contribution in [1.82, 2.24) is 5.32 Å². The first kappa shape index (κ1) is 16.1. The number of aliphatic hydroxyl groups is 1. The van der Waals surface area contributed by atoms with Crippen molar-refractivity contribution >= 4 is 17.7 Å². The highest BCUT2D eigenvalue weighted by molar-refractivity contribution is 8.00. The van der Waals surface area contributed by atoms with E-state index in [1.54, 1.807) is 11.8 Å². The Morgan fingerprint density at radius 3 is 2.84 bits per heavy atom. The van der Waals surface area contributed by atoms with Crippen molar-refractivity contribution in [2.24, 2.45) is 0 Å². The van der Waals surface area contributed by atoms with Crippen LogP contribution in [-0.2, 0) is 4.79 Å². The van der Waals surface area contributed by atoms with E-state index in [9.17, 15) is 9.90 Å². The molecule has 1 amide bonds. The summed E-state index contributed by atoms with van der Waals surface area (Å²) in [7, 11) is 0. The third-order valence-corrected chi connectivity index (χ3v) is 4.13. The average molecular weight is 281 g/mol. The van der Waals surface area contributed by atoms with Crippen molar-refractivity contribution in [3.63, 3.8) is 0 Å². The molecule has 0 aliphatic rings. The van der Waals surface area contributed by atoms with Gasteiger partial charge in [-0.15, -0.1) is 11.8 Å². The molecule has 0 heterocycles. The van der Waals surface area contributed by atoms with Crippen LogP contribution in [0.5, 0.6) is 0 Å². The largest absolute Gasteiger partial charge is 0.393 e. The molecule has 0 saturated carbocycles. The second-order valence-electron chi connectivity index (χ2n) is 4.76. The number of aryl methyl sites for hydroxylation is 2. The van der Waals surface area contributed by atoms with E-state index in [1.165, 1.54) is 11.1 Å². The van der Waals surface area contributed by atoms with Crippen LogP contribution in [0, 0.1) is 13.8 Å². The molecule has 0 saturated heterocycles. The van der Waals surface area contributed by atoms with Gasteiger partial charge in [0.05, 0.1) is 11.9 Å². The quantitative estimate of drug-likeness (QED) is 0.755. The van der Waals surface area contributed by atoms with E-state index < -0.39 is 0 Å². The molecular weight excluding hydrogens is 258 g/mol. The first-order valence-electron chi connectivity index (χ1n) is 6.67. The summed E-state index contributed by atoms with van der Waals surface area (Å²) in [6.07, 6.45) is 1.04. The lowest BCUT2D eigenvalue weighted by Gasteiger charge is -2.09. The van der Waals surface area contributed by atoms with Crippen molar-refractivity contribution in [1.29, 1.82) is 0 Å². The van der Waals surface area contributed by atoms with Crippen LogP contribution in [0.15, 0.2) is 23.1 Å². The van der Waals surface area contributed by atoms with Gasteiger partial charge in [0.15, 0.2) is 0 Å². The Morgan fingerprint density at radius 2 is 2.16 bits per heavy atom. The Labute approximate surface area is 119 Å². The van der Waals surface area contributed by atoms with Crippen LogP contribution in [-0.4, -0.2) is 29.4 Å². The highest BCUT2D eigenvalue weighted by Crippen LogP contribution is 2.23. The molecule has 1 aromatic carbocycles. The first-order valence-corrected chi connectivity index (χ1v) is 7.66.